The topological polar surface area (TPSA) is 29.1 Å². The number of rotatable bonds is 2. The number of hydrogen-bond acceptors (Lipinski definition) is 3. The second-order valence-corrected chi connectivity index (χ2v) is 5.32. The first-order chi connectivity index (χ1) is 6.74. The van der Waals surface area contributed by atoms with E-state index < -0.39 is 4.08 Å². The molecular formula is C10H11NOS2. The second-order valence-electron chi connectivity index (χ2n) is 3.02. The normalized spacial score (nSPS) is 17.7. The summed E-state index contributed by atoms with van der Waals surface area (Å²) < 4.78 is -0.448. The molecule has 2 nitrogen and oxygen atoms in total. The molecule has 1 N–H and O–H groups in total. The third-order valence-corrected chi connectivity index (χ3v) is 5.36. The molecule has 0 saturated carbocycles. The zero-order chi connectivity index (χ0) is 10.2. The van der Waals surface area contributed by atoms with Crippen LogP contribution in [0.4, 0.5) is 5.69 Å². The minimum absolute atomic E-state index is 0.0821. The van der Waals surface area contributed by atoms with Gasteiger partial charge in [0.15, 0.2) is 4.08 Å². The molecular weight excluding hydrogens is 214 g/mol. The number of carbonyl (C=O) groups is 1. The molecule has 14 heavy (non-hydrogen) atoms. The summed E-state index contributed by atoms with van der Waals surface area (Å²) >= 11 is 3.16. The molecule has 0 spiro atoms. The minimum atomic E-state index is -0.448. The molecule has 0 unspecified atom stereocenters. The van der Waals surface area contributed by atoms with Gasteiger partial charge in [-0.05, 0) is 18.6 Å². The van der Waals surface area contributed by atoms with Gasteiger partial charge in [0.2, 0.25) is 0 Å². The predicted molar refractivity (Wildman–Crippen MR) is 63.8 cm³/mol. The smallest absolute Gasteiger partial charge is 0.255 e. The molecule has 0 aromatic heterocycles. The number of nitrogens with one attached hydrogen (secondary N) is 1. The van der Waals surface area contributed by atoms with Crippen LogP contribution in [0.2, 0.25) is 0 Å². The second kappa shape index (κ2) is 3.51. The fraction of sp³-hybridized carbons (Fsp3) is 0.300. The summed E-state index contributed by atoms with van der Waals surface area (Å²) in [5.41, 5.74) is 2.03. The first kappa shape index (κ1) is 9.93. The van der Waals surface area contributed by atoms with Crippen molar-refractivity contribution in [2.24, 2.45) is 0 Å². The summed E-state index contributed by atoms with van der Waals surface area (Å²) in [5.74, 6) is 0.0821. The highest BCUT2D eigenvalue weighted by molar-refractivity contribution is 8.18. The highest BCUT2D eigenvalue weighted by atomic mass is 32.2. The Morgan fingerprint density at radius 2 is 1.86 bits per heavy atom. The fourth-order valence-electron chi connectivity index (χ4n) is 1.69. The van der Waals surface area contributed by atoms with Gasteiger partial charge in [0.05, 0.1) is 0 Å². The van der Waals surface area contributed by atoms with Crippen LogP contribution < -0.4 is 5.32 Å². The molecule has 2 rings (SSSR count). The lowest BCUT2D eigenvalue weighted by atomic mass is 10.1. The first-order valence-corrected chi connectivity index (χ1v) is 6.71. The maximum atomic E-state index is 11.9. The summed E-state index contributed by atoms with van der Waals surface area (Å²) in [6.45, 7) is 0. The molecule has 74 valence electrons. The standard InChI is InChI=1S/C10H11NOS2/c1-13-10(14-2)7-5-3-4-6-8(7)11-9(10)12/h3-6H,1-2H3,(H,11,12). The van der Waals surface area contributed by atoms with E-state index in [1.807, 2.05) is 36.8 Å². The van der Waals surface area contributed by atoms with Gasteiger partial charge in [-0.3, -0.25) is 4.79 Å². The van der Waals surface area contributed by atoms with E-state index in [2.05, 4.69) is 5.32 Å². The van der Waals surface area contributed by atoms with Crippen LogP contribution in [-0.4, -0.2) is 18.4 Å². The lowest BCUT2D eigenvalue weighted by Crippen LogP contribution is -2.26. The summed E-state index contributed by atoms with van der Waals surface area (Å²) in [6.07, 6.45) is 3.94. The van der Waals surface area contributed by atoms with E-state index in [0.717, 1.165) is 11.3 Å². The van der Waals surface area contributed by atoms with Gasteiger partial charge in [-0.2, -0.15) is 0 Å². The lowest BCUT2D eigenvalue weighted by Gasteiger charge is -2.22. The highest BCUT2D eigenvalue weighted by Crippen LogP contribution is 2.51. The van der Waals surface area contributed by atoms with E-state index in [-0.39, 0.29) is 5.91 Å². The van der Waals surface area contributed by atoms with Crippen molar-refractivity contribution in [2.75, 3.05) is 17.8 Å². The van der Waals surface area contributed by atoms with Crippen molar-refractivity contribution in [2.45, 2.75) is 4.08 Å². The van der Waals surface area contributed by atoms with Crippen LogP contribution in [0.15, 0.2) is 24.3 Å². The Bertz CT molecular complexity index is 374. The van der Waals surface area contributed by atoms with Gasteiger partial charge >= 0.3 is 0 Å². The molecule has 1 aromatic carbocycles. The van der Waals surface area contributed by atoms with Crippen molar-refractivity contribution >= 4 is 35.1 Å². The summed E-state index contributed by atoms with van der Waals surface area (Å²) in [7, 11) is 0. The fourth-order valence-corrected chi connectivity index (χ4v) is 3.63. The number of carbonyl (C=O) groups excluding carboxylic acids is 1. The van der Waals surface area contributed by atoms with Gasteiger partial charge in [0.25, 0.3) is 5.91 Å². The Morgan fingerprint density at radius 1 is 1.21 bits per heavy atom. The molecule has 1 heterocycles. The highest BCUT2D eigenvalue weighted by Gasteiger charge is 2.45. The molecule has 0 aliphatic carbocycles. The number of fused-ring (bicyclic) bond motifs is 1. The summed E-state index contributed by atoms with van der Waals surface area (Å²) in [5, 5.41) is 2.91. The molecule has 1 amide bonds. The molecule has 0 bridgehead atoms. The quantitative estimate of drug-likeness (QED) is 0.784. The van der Waals surface area contributed by atoms with Crippen molar-refractivity contribution in [3.05, 3.63) is 29.8 Å². The van der Waals surface area contributed by atoms with Crippen LogP contribution in [0.5, 0.6) is 0 Å². The Morgan fingerprint density at radius 3 is 2.50 bits per heavy atom. The van der Waals surface area contributed by atoms with Crippen molar-refractivity contribution < 1.29 is 4.79 Å². The zero-order valence-electron chi connectivity index (χ0n) is 8.03. The minimum Gasteiger partial charge on any atom is -0.323 e. The van der Waals surface area contributed by atoms with Gasteiger partial charge in [0.1, 0.15) is 0 Å². The number of anilines is 1. The Kier molecular flexibility index (Phi) is 2.49. The van der Waals surface area contributed by atoms with Gasteiger partial charge < -0.3 is 5.32 Å². The summed E-state index contributed by atoms with van der Waals surface area (Å²) in [4.78, 5) is 11.9. The molecule has 0 fully saturated rings. The van der Waals surface area contributed by atoms with Crippen LogP contribution in [0.3, 0.4) is 0 Å². The van der Waals surface area contributed by atoms with Crippen LogP contribution in [0.25, 0.3) is 0 Å². The van der Waals surface area contributed by atoms with Crippen LogP contribution >= 0.6 is 23.5 Å². The Labute approximate surface area is 91.8 Å². The van der Waals surface area contributed by atoms with Gasteiger partial charge in [-0.15, -0.1) is 23.5 Å². The van der Waals surface area contributed by atoms with E-state index in [4.69, 9.17) is 0 Å². The van der Waals surface area contributed by atoms with Crippen molar-refractivity contribution in [3.8, 4) is 0 Å². The van der Waals surface area contributed by atoms with Gasteiger partial charge in [-0.1, -0.05) is 18.2 Å². The number of hydrogen-bond donors (Lipinski definition) is 1. The SMILES string of the molecule is CSC1(SC)C(=O)Nc2ccccc21. The monoisotopic (exact) mass is 225 g/mol. The molecule has 1 aromatic rings. The maximum absolute atomic E-state index is 11.9. The molecule has 4 heteroatoms. The number of para-hydroxylation sites is 1. The van der Waals surface area contributed by atoms with Crippen molar-refractivity contribution in [1.29, 1.82) is 0 Å². The Hall–Kier alpha value is -0.610. The largest absolute Gasteiger partial charge is 0.323 e. The van der Waals surface area contributed by atoms with Gasteiger partial charge in [-0.25, -0.2) is 0 Å². The van der Waals surface area contributed by atoms with E-state index in [9.17, 15) is 4.79 Å². The van der Waals surface area contributed by atoms with Gasteiger partial charge in [0, 0.05) is 11.3 Å². The molecule has 0 radical (unpaired) electrons. The lowest BCUT2D eigenvalue weighted by molar-refractivity contribution is -0.116. The number of amides is 1. The number of benzene rings is 1. The predicted octanol–water partition coefficient (Wildman–Crippen LogP) is 2.52. The van der Waals surface area contributed by atoms with E-state index in [1.54, 1.807) is 23.5 Å². The average molecular weight is 225 g/mol. The Balaban J connectivity index is 2.58. The zero-order valence-corrected chi connectivity index (χ0v) is 9.67. The summed E-state index contributed by atoms with van der Waals surface area (Å²) in [6, 6.07) is 7.87. The maximum Gasteiger partial charge on any atom is 0.255 e. The van der Waals surface area contributed by atoms with Crippen molar-refractivity contribution in [3.63, 3.8) is 0 Å². The molecule has 0 atom stereocenters. The average Bonchev–Trinajstić information content (AvgIpc) is 2.50. The molecule has 0 saturated heterocycles. The number of thioether (sulfide) groups is 2. The van der Waals surface area contributed by atoms with Crippen LogP contribution in [-0.2, 0) is 8.87 Å². The third kappa shape index (κ3) is 1.17. The van der Waals surface area contributed by atoms with E-state index in [1.165, 1.54) is 0 Å². The van der Waals surface area contributed by atoms with Crippen LogP contribution in [0.1, 0.15) is 5.56 Å². The molecule has 1 aliphatic heterocycles. The third-order valence-electron chi connectivity index (χ3n) is 2.40. The first-order valence-electron chi connectivity index (χ1n) is 4.26. The van der Waals surface area contributed by atoms with E-state index in [0.29, 0.717) is 0 Å². The van der Waals surface area contributed by atoms with Crippen molar-refractivity contribution in [1.82, 2.24) is 0 Å². The van der Waals surface area contributed by atoms with Crippen LogP contribution in [0, 0.1) is 0 Å². The van der Waals surface area contributed by atoms with E-state index >= 15 is 0 Å². The molecule has 1 aliphatic rings.